The number of hydrogen-bond acceptors (Lipinski definition) is 5. The van der Waals surface area contributed by atoms with Crippen molar-refractivity contribution in [2.75, 3.05) is 5.32 Å². The maximum Gasteiger partial charge on any atom is 0.206 e. The second-order valence-corrected chi connectivity index (χ2v) is 12.0. The summed E-state index contributed by atoms with van der Waals surface area (Å²) in [5.74, 6) is 2.37. The van der Waals surface area contributed by atoms with Crippen LogP contribution in [0.5, 0.6) is 11.5 Å². The van der Waals surface area contributed by atoms with Gasteiger partial charge in [-0.05, 0) is 65.8 Å². The second-order valence-electron chi connectivity index (χ2n) is 11.1. The van der Waals surface area contributed by atoms with Gasteiger partial charge in [0, 0.05) is 11.6 Å². The molecule has 2 unspecified atom stereocenters. The van der Waals surface area contributed by atoms with Gasteiger partial charge in [-0.15, -0.1) is 10.2 Å². The van der Waals surface area contributed by atoms with Crippen LogP contribution in [0.4, 0.5) is 5.13 Å². The molecule has 1 saturated carbocycles. The number of nitrogens with zero attached hydrogens (tertiary/aromatic N) is 2. The second kappa shape index (κ2) is 8.86. The minimum Gasteiger partial charge on any atom is -0.457 e. The van der Waals surface area contributed by atoms with E-state index in [4.69, 9.17) is 4.74 Å². The van der Waals surface area contributed by atoms with Crippen molar-refractivity contribution in [3.05, 3.63) is 54.1 Å². The summed E-state index contributed by atoms with van der Waals surface area (Å²) in [6.45, 7) is 13.7. The zero-order chi connectivity index (χ0) is 22.9. The highest BCUT2D eigenvalue weighted by atomic mass is 32.1. The molecule has 1 aliphatic carbocycles. The minimum absolute atomic E-state index is 0.132. The number of nitrogens with one attached hydrogen (secondary N) is 1. The van der Waals surface area contributed by atoms with Crippen molar-refractivity contribution in [1.29, 1.82) is 0 Å². The van der Waals surface area contributed by atoms with Gasteiger partial charge in [-0.2, -0.15) is 0 Å². The Hall–Kier alpha value is -2.40. The zero-order valence-corrected chi connectivity index (χ0v) is 20.9. The topological polar surface area (TPSA) is 47.0 Å². The molecule has 32 heavy (non-hydrogen) atoms. The van der Waals surface area contributed by atoms with Gasteiger partial charge in [-0.1, -0.05) is 77.1 Å². The summed E-state index contributed by atoms with van der Waals surface area (Å²) < 4.78 is 6.11. The van der Waals surface area contributed by atoms with E-state index in [2.05, 4.69) is 75.3 Å². The van der Waals surface area contributed by atoms with Crippen LogP contribution < -0.4 is 10.1 Å². The highest BCUT2D eigenvalue weighted by molar-refractivity contribution is 7.18. The zero-order valence-electron chi connectivity index (χ0n) is 20.1. The lowest BCUT2D eigenvalue weighted by Crippen LogP contribution is -2.35. The third-order valence-corrected chi connectivity index (χ3v) is 7.08. The summed E-state index contributed by atoms with van der Waals surface area (Å²) in [5.41, 5.74) is 2.83. The Morgan fingerprint density at radius 2 is 1.75 bits per heavy atom. The molecule has 5 heteroatoms. The number of anilines is 1. The fourth-order valence-electron chi connectivity index (χ4n) is 4.88. The van der Waals surface area contributed by atoms with Crippen LogP contribution in [0.15, 0.2) is 48.5 Å². The predicted molar refractivity (Wildman–Crippen MR) is 135 cm³/mol. The van der Waals surface area contributed by atoms with E-state index in [0.29, 0.717) is 11.5 Å². The van der Waals surface area contributed by atoms with E-state index in [1.54, 1.807) is 11.3 Å². The third-order valence-electron chi connectivity index (χ3n) is 6.18. The summed E-state index contributed by atoms with van der Waals surface area (Å²) in [7, 11) is 0. The summed E-state index contributed by atoms with van der Waals surface area (Å²) in [6.07, 6.45) is 3.65. The van der Waals surface area contributed by atoms with Crippen molar-refractivity contribution in [1.82, 2.24) is 10.2 Å². The van der Waals surface area contributed by atoms with E-state index < -0.39 is 0 Å². The largest absolute Gasteiger partial charge is 0.457 e. The van der Waals surface area contributed by atoms with Gasteiger partial charge in [-0.3, -0.25) is 0 Å². The molecule has 1 N–H and O–H groups in total. The maximum absolute atomic E-state index is 6.11. The molecule has 4 nitrogen and oxygen atoms in total. The molecule has 1 heterocycles. The van der Waals surface area contributed by atoms with Crippen LogP contribution in [-0.4, -0.2) is 16.2 Å². The van der Waals surface area contributed by atoms with Crippen LogP contribution in [0.1, 0.15) is 66.4 Å². The normalized spacial score (nSPS) is 20.7. The van der Waals surface area contributed by atoms with Crippen molar-refractivity contribution >= 4 is 16.5 Å². The quantitative estimate of drug-likeness (QED) is 0.430. The first kappa shape index (κ1) is 22.8. The highest BCUT2D eigenvalue weighted by Gasteiger charge is 2.32. The molecule has 0 amide bonds. The molecule has 0 spiro atoms. The first-order chi connectivity index (χ1) is 15.1. The average molecular weight is 450 g/mol. The summed E-state index contributed by atoms with van der Waals surface area (Å²) in [6, 6.07) is 16.9. The maximum atomic E-state index is 6.11. The summed E-state index contributed by atoms with van der Waals surface area (Å²) in [5, 5.41) is 14.3. The van der Waals surface area contributed by atoms with Gasteiger partial charge in [0.15, 0.2) is 0 Å². The van der Waals surface area contributed by atoms with Gasteiger partial charge in [0.1, 0.15) is 16.5 Å². The Bertz CT molecular complexity index is 1050. The van der Waals surface area contributed by atoms with Gasteiger partial charge in [0.05, 0.1) is 0 Å². The number of rotatable bonds is 5. The summed E-state index contributed by atoms with van der Waals surface area (Å²) in [4.78, 5) is 0. The first-order valence-corrected chi connectivity index (χ1v) is 12.4. The molecule has 3 aromatic rings. The van der Waals surface area contributed by atoms with Gasteiger partial charge in [0.25, 0.3) is 0 Å². The Balaban J connectivity index is 1.44. The van der Waals surface area contributed by atoms with E-state index in [-0.39, 0.29) is 5.41 Å². The molecule has 2 aromatic carbocycles. The van der Waals surface area contributed by atoms with Crippen molar-refractivity contribution in [3.8, 4) is 22.1 Å². The van der Waals surface area contributed by atoms with E-state index in [0.717, 1.165) is 33.1 Å². The van der Waals surface area contributed by atoms with E-state index in [1.807, 2.05) is 30.3 Å². The Kier molecular flexibility index (Phi) is 6.30. The lowest BCUT2D eigenvalue weighted by atomic mass is 9.71. The lowest BCUT2D eigenvalue weighted by molar-refractivity contribution is 0.178. The SMILES string of the molecule is CC1CC(Nc2nnc(-c3cccc(Oc4ccc(C(C)(C)C)cc4)c3)s2)CC(C)(C)C1. The Morgan fingerprint density at radius 3 is 2.44 bits per heavy atom. The molecule has 2 atom stereocenters. The number of hydrogen-bond donors (Lipinski definition) is 1. The summed E-state index contributed by atoms with van der Waals surface area (Å²) >= 11 is 1.61. The average Bonchev–Trinajstić information content (AvgIpc) is 3.15. The van der Waals surface area contributed by atoms with E-state index >= 15 is 0 Å². The van der Waals surface area contributed by atoms with Gasteiger partial charge in [0.2, 0.25) is 5.13 Å². The fraction of sp³-hybridized carbons (Fsp3) is 0.481. The molecule has 1 fully saturated rings. The van der Waals surface area contributed by atoms with Crippen LogP contribution in [0.2, 0.25) is 0 Å². The molecule has 0 aliphatic heterocycles. The molecule has 0 bridgehead atoms. The standard InChI is InChI=1S/C27H35N3OS/c1-18-14-21(17-27(5,6)16-18)28-25-30-29-24(32-25)19-8-7-9-23(15-19)31-22-12-10-20(11-13-22)26(2,3)4/h7-13,15,18,21H,14,16-17H2,1-6H3,(H,28,30). The van der Waals surface area contributed by atoms with Crippen molar-refractivity contribution < 1.29 is 4.74 Å². The first-order valence-electron chi connectivity index (χ1n) is 11.6. The van der Waals surface area contributed by atoms with Crippen molar-refractivity contribution in [2.45, 2.75) is 72.3 Å². The molecular formula is C27H35N3OS. The fourth-order valence-corrected chi connectivity index (χ4v) is 5.70. The number of benzene rings is 2. The van der Waals surface area contributed by atoms with Crippen LogP contribution in [0, 0.1) is 11.3 Å². The van der Waals surface area contributed by atoms with E-state index in [9.17, 15) is 0 Å². The van der Waals surface area contributed by atoms with Gasteiger partial charge in [-0.25, -0.2) is 0 Å². The molecular weight excluding hydrogens is 414 g/mol. The van der Waals surface area contributed by atoms with Gasteiger partial charge < -0.3 is 10.1 Å². The minimum atomic E-state index is 0.132. The monoisotopic (exact) mass is 449 g/mol. The van der Waals surface area contributed by atoms with Crippen molar-refractivity contribution in [2.24, 2.45) is 11.3 Å². The Morgan fingerprint density at radius 1 is 1.00 bits per heavy atom. The van der Waals surface area contributed by atoms with E-state index in [1.165, 1.54) is 24.8 Å². The van der Waals surface area contributed by atoms with Crippen LogP contribution >= 0.6 is 11.3 Å². The van der Waals surface area contributed by atoms with Crippen LogP contribution in [-0.2, 0) is 5.41 Å². The van der Waals surface area contributed by atoms with Gasteiger partial charge >= 0.3 is 0 Å². The molecule has 0 saturated heterocycles. The predicted octanol–water partition coefficient (Wildman–Crippen LogP) is 7.92. The third kappa shape index (κ3) is 5.69. The van der Waals surface area contributed by atoms with Crippen molar-refractivity contribution in [3.63, 3.8) is 0 Å². The number of aromatic nitrogens is 2. The lowest BCUT2D eigenvalue weighted by Gasteiger charge is -2.39. The molecule has 1 aromatic heterocycles. The molecule has 170 valence electrons. The smallest absolute Gasteiger partial charge is 0.206 e. The highest BCUT2D eigenvalue weighted by Crippen LogP contribution is 2.40. The Labute approximate surface area is 196 Å². The molecule has 1 aliphatic rings. The molecule has 0 radical (unpaired) electrons. The van der Waals surface area contributed by atoms with Crippen LogP contribution in [0.25, 0.3) is 10.6 Å². The number of ether oxygens (including phenoxy) is 1. The molecule has 4 rings (SSSR count). The van der Waals surface area contributed by atoms with Crippen LogP contribution in [0.3, 0.4) is 0 Å².